The molecule has 10 heteroatoms. The number of rotatable bonds is 11. The summed E-state index contributed by atoms with van der Waals surface area (Å²) in [6, 6.07) is 20.4. The maximum atomic E-state index is 12.8. The van der Waals surface area contributed by atoms with Crippen LogP contribution in [0.5, 0.6) is 0 Å². The smallest absolute Gasteiger partial charge is 0.325 e. The molecule has 1 aromatic heterocycles. The topological polar surface area (TPSA) is 115 Å². The van der Waals surface area contributed by atoms with Crippen LogP contribution in [0.3, 0.4) is 0 Å². The predicted molar refractivity (Wildman–Crippen MR) is 144 cm³/mol. The van der Waals surface area contributed by atoms with Crippen LogP contribution in [0.25, 0.3) is 0 Å². The predicted octanol–water partition coefficient (Wildman–Crippen LogP) is 3.62. The monoisotopic (exact) mass is 523 g/mol. The molecular weight excluding hydrogens is 490 g/mol. The number of anilines is 2. The molecular formula is C27H33N5O4S. The van der Waals surface area contributed by atoms with Crippen LogP contribution >= 0.6 is 0 Å². The number of aromatic nitrogens is 1. The van der Waals surface area contributed by atoms with Gasteiger partial charge in [0.2, 0.25) is 0 Å². The molecule has 196 valence electrons. The summed E-state index contributed by atoms with van der Waals surface area (Å²) in [4.78, 5) is 20.7. The fourth-order valence-corrected chi connectivity index (χ4v) is 5.20. The van der Waals surface area contributed by atoms with Crippen LogP contribution in [0.1, 0.15) is 31.9 Å². The highest BCUT2D eigenvalue weighted by Crippen LogP contribution is 2.22. The normalized spacial score (nSPS) is 15.2. The van der Waals surface area contributed by atoms with Crippen molar-refractivity contribution in [2.24, 2.45) is 0 Å². The Hall–Kier alpha value is -3.47. The maximum Gasteiger partial charge on any atom is 0.325 e. The first-order valence-electron chi connectivity index (χ1n) is 12.2. The first-order chi connectivity index (χ1) is 17.6. The van der Waals surface area contributed by atoms with Crippen molar-refractivity contribution >= 4 is 27.6 Å². The lowest BCUT2D eigenvalue weighted by molar-refractivity contribution is 0.156. The summed E-state index contributed by atoms with van der Waals surface area (Å²) in [5, 5.41) is 14.2. The van der Waals surface area contributed by atoms with Crippen molar-refractivity contribution in [1.82, 2.24) is 15.2 Å². The number of nitrogens with one attached hydrogen (secondary N) is 2. The number of carbonyl (C=O) groups excluding carboxylic acids is 1. The van der Waals surface area contributed by atoms with Crippen LogP contribution in [-0.2, 0) is 10.0 Å². The van der Waals surface area contributed by atoms with E-state index in [-0.39, 0.29) is 23.0 Å². The largest absolute Gasteiger partial charge is 0.387 e. The first-order valence-corrected chi connectivity index (χ1v) is 13.7. The number of carbonyl (C=O) groups is 1. The van der Waals surface area contributed by atoms with Crippen LogP contribution in [0.2, 0.25) is 0 Å². The van der Waals surface area contributed by atoms with E-state index in [0.717, 1.165) is 0 Å². The lowest BCUT2D eigenvalue weighted by Crippen LogP contribution is -2.44. The van der Waals surface area contributed by atoms with Gasteiger partial charge in [-0.3, -0.25) is 9.62 Å². The highest BCUT2D eigenvalue weighted by atomic mass is 32.2. The van der Waals surface area contributed by atoms with Gasteiger partial charge in [0.15, 0.2) is 0 Å². The molecule has 3 N–H and O–H groups in total. The van der Waals surface area contributed by atoms with Crippen LogP contribution in [0, 0.1) is 0 Å². The van der Waals surface area contributed by atoms with Crippen molar-refractivity contribution in [3.05, 3.63) is 84.6 Å². The molecule has 0 unspecified atom stereocenters. The van der Waals surface area contributed by atoms with Gasteiger partial charge in [0.1, 0.15) is 5.82 Å². The molecule has 1 atom stereocenters. The number of aliphatic hydroxyl groups is 1. The van der Waals surface area contributed by atoms with Crippen LogP contribution < -0.4 is 14.9 Å². The number of pyridine rings is 1. The number of hydrogen-bond acceptors (Lipinski definition) is 6. The Kier molecular flexibility index (Phi) is 8.11. The fraction of sp³-hybridized carbons (Fsp3) is 0.333. The van der Waals surface area contributed by atoms with Gasteiger partial charge in [0.25, 0.3) is 10.0 Å². The first kappa shape index (κ1) is 26.6. The molecule has 1 aliphatic rings. The van der Waals surface area contributed by atoms with Gasteiger partial charge in [0.05, 0.1) is 11.0 Å². The van der Waals surface area contributed by atoms with Crippen LogP contribution in [0.4, 0.5) is 16.3 Å². The minimum atomic E-state index is -3.72. The number of benzene rings is 2. The third kappa shape index (κ3) is 6.85. The summed E-state index contributed by atoms with van der Waals surface area (Å²) in [6.07, 6.45) is 1.53. The van der Waals surface area contributed by atoms with Gasteiger partial charge in [-0.2, -0.15) is 0 Å². The van der Waals surface area contributed by atoms with Crippen molar-refractivity contribution in [3.8, 4) is 0 Å². The minimum absolute atomic E-state index is 0.0516. The molecule has 2 amide bonds. The average molecular weight is 524 g/mol. The van der Waals surface area contributed by atoms with Crippen molar-refractivity contribution in [2.45, 2.75) is 36.8 Å². The van der Waals surface area contributed by atoms with E-state index >= 15 is 0 Å². The Balaban J connectivity index is 1.29. The Labute approximate surface area is 218 Å². The highest BCUT2D eigenvalue weighted by Gasteiger charge is 2.31. The standard InChI is InChI=1S/C27H33N5O4S/c1-27(2,14-16-31-17-18-32(26(31)34)25-13-6-7-15-28-25)29-20-24(33)21-9-8-10-22(19-21)30-37(35,36)23-11-4-3-5-12-23/h3-13,15,19,24,29-30,33H,14,16-18,20H2,1-2H3/t24-/m0/s1. The third-order valence-electron chi connectivity index (χ3n) is 6.38. The van der Waals surface area contributed by atoms with Gasteiger partial charge in [-0.15, -0.1) is 0 Å². The van der Waals surface area contributed by atoms with Crippen molar-refractivity contribution in [2.75, 3.05) is 35.8 Å². The lowest BCUT2D eigenvalue weighted by Gasteiger charge is -2.30. The summed E-state index contributed by atoms with van der Waals surface area (Å²) < 4.78 is 27.8. The number of hydrogen-bond donors (Lipinski definition) is 3. The number of urea groups is 1. The van der Waals surface area contributed by atoms with Gasteiger partial charge in [0, 0.05) is 43.6 Å². The van der Waals surface area contributed by atoms with Gasteiger partial charge < -0.3 is 15.3 Å². The zero-order chi connectivity index (χ0) is 26.5. The van der Waals surface area contributed by atoms with E-state index < -0.39 is 16.1 Å². The van der Waals surface area contributed by atoms with Crippen molar-refractivity contribution < 1.29 is 18.3 Å². The molecule has 0 radical (unpaired) electrons. The van der Waals surface area contributed by atoms with Gasteiger partial charge in [-0.25, -0.2) is 18.2 Å². The Morgan fingerprint density at radius 2 is 1.78 bits per heavy atom. The molecule has 2 heterocycles. The molecule has 0 aliphatic carbocycles. The Morgan fingerprint density at radius 1 is 1.03 bits per heavy atom. The summed E-state index contributed by atoms with van der Waals surface area (Å²) in [5.41, 5.74) is 0.633. The molecule has 1 fully saturated rings. The van der Waals surface area contributed by atoms with E-state index in [1.54, 1.807) is 53.6 Å². The number of amides is 2. The van der Waals surface area contributed by atoms with Gasteiger partial charge >= 0.3 is 6.03 Å². The van der Waals surface area contributed by atoms with Gasteiger partial charge in [-0.1, -0.05) is 36.4 Å². The second-order valence-electron chi connectivity index (χ2n) is 9.68. The molecule has 0 spiro atoms. The lowest BCUT2D eigenvalue weighted by atomic mass is 9.99. The molecule has 9 nitrogen and oxygen atoms in total. The minimum Gasteiger partial charge on any atom is -0.387 e. The van der Waals surface area contributed by atoms with E-state index in [0.29, 0.717) is 43.1 Å². The molecule has 2 aromatic carbocycles. The Morgan fingerprint density at radius 3 is 2.51 bits per heavy atom. The molecule has 1 aliphatic heterocycles. The fourth-order valence-electron chi connectivity index (χ4n) is 4.13. The zero-order valence-corrected chi connectivity index (χ0v) is 21.9. The molecule has 0 bridgehead atoms. The second-order valence-corrected chi connectivity index (χ2v) is 11.4. The quantitative estimate of drug-likeness (QED) is 0.354. The molecule has 1 saturated heterocycles. The van der Waals surface area contributed by atoms with Crippen molar-refractivity contribution in [3.63, 3.8) is 0 Å². The highest BCUT2D eigenvalue weighted by molar-refractivity contribution is 7.92. The number of sulfonamides is 1. The van der Waals surface area contributed by atoms with E-state index in [9.17, 15) is 18.3 Å². The molecule has 3 aromatic rings. The summed E-state index contributed by atoms with van der Waals surface area (Å²) >= 11 is 0. The number of aliphatic hydroxyl groups excluding tert-OH is 1. The number of nitrogens with zero attached hydrogens (tertiary/aromatic N) is 3. The van der Waals surface area contributed by atoms with Crippen LogP contribution in [0.15, 0.2) is 83.9 Å². The Bertz CT molecular complexity index is 1300. The third-order valence-corrected chi connectivity index (χ3v) is 7.78. The zero-order valence-electron chi connectivity index (χ0n) is 21.0. The van der Waals surface area contributed by atoms with E-state index in [1.165, 1.54) is 12.1 Å². The summed E-state index contributed by atoms with van der Waals surface area (Å²) in [6.45, 7) is 6.15. The van der Waals surface area contributed by atoms with Crippen LogP contribution in [-0.4, -0.2) is 61.2 Å². The summed E-state index contributed by atoms with van der Waals surface area (Å²) in [5.74, 6) is 0.656. The molecule has 37 heavy (non-hydrogen) atoms. The van der Waals surface area contributed by atoms with E-state index in [4.69, 9.17) is 0 Å². The van der Waals surface area contributed by atoms with E-state index in [1.807, 2.05) is 36.9 Å². The molecule has 4 rings (SSSR count). The van der Waals surface area contributed by atoms with Gasteiger partial charge in [-0.05, 0) is 62.2 Å². The van der Waals surface area contributed by atoms with E-state index in [2.05, 4.69) is 15.0 Å². The SMILES string of the molecule is CC(C)(CCN1CCN(c2ccccn2)C1=O)NC[C@H](O)c1cccc(NS(=O)(=O)c2ccccc2)c1. The maximum absolute atomic E-state index is 12.8. The molecule has 0 saturated carbocycles. The average Bonchev–Trinajstić information content (AvgIpc) is 3.27. The van der Waals surface area contributed by atoms with Crippen molar-refractivity contribution in [1.29, 1.82) is 0 Å². The summed E-state index contributed by atoms with van der Waals surface area (Å²) in [7, 11) is -3.72. The number of β-amino-alcohol motifs (C(OH)–C–C–N with tert-alkyl or cyclic N) is 1. The second kappa shape index (κ2) is 11.3.